The number of hydrogen-bond donors (Lipinski definition) is 1. The first-order chi connectivity index (χ1) is 9.20. The maximum absolute atomic E-state index is 11.6. The fraction of sp³-hybridized carbons (Fsp3) is 0.0714. The van der Waals surface area contributed by atoms with Crippen molar-refractivity contribution in [1.82, 2.24) is 4.98 Å². The molecule has 5 nitrogen and oxygen atoms in total. The smallest absolute Gasteiger partial charge is 0.347 e. The normalized spacial score (nSPS) is 9.47. The van der Waals surface area contributed by atoms with Crippen molar-refractivity contribution < 1.29 is 9.53 Å². The van der Waals surface area contributed by atoms with Crippen LogP contribution in [-0.2, 0) is 4.74 Å². The van der Waals surface area contributed by atoms with Crippen LogP contribution >= 0.6 is 0 Å². The molecule has 1 aromatic carbocycles. The van der Waals surface area contributed by atoms with E-state index in [1.54, 1.807) is 18.3 Å². The molecule has 0 saturated carbocycles. The van der Waals surface area contributed by atoms with Crippen molar-refractivity contribution in [3.8, 4) is 6.26 Å². The van der Waals surface area contributed by atoms with E-state index in [2.05, 4.69) is 15.0 Å². The SMILES string of the molecule is Cc1cccc(Nc2ncccc2C(=O)OC#N)c1. The van der Waals surface area contributed by atoms with Gasteiger partial charge in [-0.2, -0.15) is 0 Å². The first kappa shape index (κ1) is 12.6. The number of nitrogens with one attached hydrogen (secondary N) is 1. The number of carbonyl (C=O) groups is 1. The van der Waals surface area contributed by atoms with Crippen molar-refractivity contribution in [2.45, 2.75) is 6.92 Å². The summed E-state index contributed by atoms with van der Waals surface area (Å²) in [6.07, 6.45) is 2.92. The summed E-state index contributed by atoms with van der Waals surface area (Å²) in [4.78, 5) is 15.7. The molecule has 0 aliphatic rings. The van der Waals surface area contributed by atoms with Crippen molar-refractivity contribution in [3.05, 3.63) is 53.7 Å². The van der Waals surface area contributed by atoms with E-state index in [1.807, 2.05) is 31.2 Å². The fourth-order valence-electron chi connectivity index (χ4n) is 1.63. The zero-order valence-corrected chi connectivity index (χ0v) is 10.3. The summed E-state index contributed by atoms with van der Waals surface area (Å²) in [6, 6.07) is 10.8. The summed E-state index contributed by atoms with van der Waals surface area (Å²) in [5.41, 5.74) is 2.11. The van der Waals surface area contributed by atoms with Gasteiger partial charge in [-0.25, -0.2) is 9.78 Å². The molecule has 0 radical (unpaired) electrons. The van der Waals surface area contributed by atoms with Crippen molar-refractivity contribution in [3.63, 3.8) is 0 Å². The molecule has 0 aliphatic carbocycles. The molecule has 94 valence electrons. The largest absolute Gasteiger partial charge is 0.357 e. The summed E-state index contributed by atoms with van der Waals surface area (Å²) in [5, 5.41) is 11.4. The highest BCUT2D eigenvalue weighted by Gasteiger charge is 2.13. The molecule has 1 N–H and O–H groups in total. The van der Waals surface area contributed by atoms with E-state index in [1.165, 1.54) is 6.26 Å². The molecule has 0 bridgehead atoms. The lowest BCUT2D eigenvalue weighted by Gasteiger charge is -2.09. The van der Waals surface area contributed by atoms with Crippen LogP contribution in [0, 0.1) is 18.4 Å². The Bertz CT molecular complexity index is 647. The Morgan fingerprint density at radius 3 is 2.95 bits per heavy atom. The summed E-state index contributed by atoms with van der Waals surface area (Å²) >= 11 is 0. The Balaban J connectivity index is 2.30. The van der Waals surface area contributed by atoms with Gasteiger partial charge < -0.3 is 10.1 Å². The average Bonchev–Trinajstić information content (AvgIpc) is 2.39. The van der Waals surface area contributed by atoms with Gasteiger partial charge in [0, 0.05) is 11.9 Å². The van der Waals surface area contributed by atoms with Crippen LogP contribution in [0.2, 0.25) is 0 Å². The van der Waals surface area contributed by atoms with E-state index in [9.17, 15) is 4.79 Å². The minimum absolute atomic E-state index is 0.213. The summed E-state index contributed by atoms with van der Waals surface area (Å²) in [5.74, 6) is -0.376. The van der Waals surface area contributed by atoms with Crippen molar-refractivity contribution >= 4 is 17.5 Å². The minimum atomic E-state index is -0.731. The van der Waals surface area contributed by atoms with Crippen LogP contribution in [0.25, 0.3) is 0 Å². The lowest BCUT2D eigenvalue weighted by atomic mass is 10.2. The molecule has 2 aromatic rings. The number of rotatable bonds is 3. The van der Waals surface area contributed by atoms with Crippen molar-refractivity contribution in [2.24, 2.45) is 0 Å². The molecule has 5 heteroatoms. The number of ether oxygens (including phenoxy) is 1. The zero-order chi connectivity index (χ0) is 13.7. The number of pyridine rings is 1. The maximum atomic E-state index is 11.6. The molecule has 0 fully saturated rings. The van der Waals surface area contributed by atoms with E-state index >= 15 is 0 Å². The number of aryl methyl sites for hydroxylation is 1. The first-order valence-corrected chi connectivity index (χ1v) is 5.59. The second kappa shape index (κ2) is 5.65. The Morgan fingerprint density at radius 1 is 1.37 bits per heavy atom. The monoisotopic (exact) mass is 253 g/mol. The predicted octanol–water partition coefficient (Wildman–Crippen LogP) is 2.77. The highest BCUT2D eigenvalue weighted by Crippen LogP contribution is 2.19. The van der Waals surface area contributed by atoms with Gasteiger partial charge in [0.15, 0.2) is 0 Å². The third-order valence-corrected chi connectivity index (χ3v) is 2.45. The molecule has 2 rings (SSSR count). The number of anilines is 2. The molecule has 19 heavy (non-hydrogen) atoms. The van der Waals surface area contributed by atoms with E-state index in [-0.39, 0.29) is 5.56 Å². The van der Waals surface area contributed by atoms with Gasteiger partial charge in [0.25, 0.3) is 6.26 Å². The molecule has 1 aromatic heterocycles. The highest BCUT2D eigenvalue weighted by atomic mass is 16.5. The minimum Gasteiger partial charge on any atom is -0.347 e. The number of esters is 1. The quantitative estimate of drug-likeness (QED) is 0.672. The number of carbonyl (C=O) groups excluding carboxylic acids is 1. The number of nitriles is 1. The van der Waals surface area contributed by atoms with E-state index in [4.69, 9.17) is 5.26 Å². The van der Waals surface area contributed by atoms with Gasteiger partial charge in [0.1, 0.15) is 11.4 Å². The van der Waals surface area contributed by atoms with Gasteiger partial charge in [0.2, 0.25) is 0 Å². The second-order valence-corrected chi connectivity index (χ2v) is 3.87. The van der Waals surface area contributed by atoms with Crippen LogP contribution in [0.15, 0.2) is 42.6 Å². The molecule has 0 spiro atoms. The lowest BCUT2D eigenvalue weighted by Crippen LogP contribution is -2.06. The third kappa shape index (κ3) is 3.07. The van der Waals surface area contributed by atoms with Gasteiger partial charge in [-0.05, 0) is 36.8 Å². The third-order valence-electron chi connectivity index (χ3n) is 2.45. The van der Waals surface area contributed by atoms with Gasteiger partial charge in [0.05, 0.1) is 0 Å². The van der Waals surface area contributed by atoms with Crippen LogP contribution in [0.5, 0.6) is 0 Å². The second-order valence-electron chi connectivity index (χ2n) is 3.87. The lowest BCUT2D eigenvalue weighted by molar-refractivity contribution is 0.0686. The maximum Gasteiger partial charge on any atom is 0.357 e. The van der Waals surface area contributed by atoms with Gasteiger partial charge in [-0.1, -0.05) is 12.1 Å². The van der Waals surface area contributed by atoms with Crippen LogP contribution in [-0.4, -0.2) is 11.0 Å². The summed E-state index contributed by atoms with van der Waals surface area (Å²) in [7, 11) is 0. The Kier molecular flexibility index (Phi) is 3.74. The first-order valence-electron chi connectivity index (χ1n) is 5.59. The predicted molar refractivity (Wildman–Crippen MR) is 69.7 cm³/mol. The van der Waals surface area contributed by atoms with Crippen molar-refractivity contribution in [1.29, 1.82) is 5.26 Å². The average molecular weight is 253 g/mol. The zero-order valence-electron chi connectivity index (χ0n) is 10.3. The molecule has 0 saturated heterocycles. The molecule has 0 aliphatic heterocycles. The Labute approximate surface area is 110 Å². The molecule has 0 unspecified atom stereocenters. The number of benzene rings is 1. The number of aromatic nitrogens is 1. The van der Waals surface area contributed by atoms with Crippen LogP contribution in [0.3, 0.4) is 0 Å². The van der Waals surface area contributed by atoms with Crippen LogP contribution in [0.1, 0.15) is 15.9 Å². The van der Waals surface area contributed by atoms with Crippen LogP contribution < -0.4 is 5.32 Å². The number of nitrogens with zero attached hydrogens (tertiary/aromatic N) is 2. The molecule has 0 amide bonds. The number of hydrogen-bond acceptors (Lipinski definition) is 5. The summed E-state index contributed by atoms with van der Waals surface area (Å²) < 4.78 is 4.32. The Morgan fingerprint density at radius 2 is 2.21 bits per heavy atom. The van der Waals surface area contributed by atoms with Gasteiger partial charge >= 0.3 is 5.97 Å². The van der Waals surface area contributed by atoms with E-state index in [0.29, 0.717) is 5.82 Å². The fourth-order valence-corrected chi connectivity index (χ4v) is 1.63. The molecule has 0 atom stereocenters. The topological polar surface area (TPSA) is 75.0 Å². The van der Waals surface area contributed by atoms with Crippen LogP contribution in [0.4, 0.5) is 11.5 Å². The molecule has 1 heterocycles. The summed E-state index contributed by atoms with van der Waals surface area (Å²) in [6.45, 7) is 1.97. The van der Waals surface area contributed by atoms with Crippen molar-refractivity contribution in [2.75, 3.05) is 5.32 Å². The standard InChI is InChI=1S/C14H11N3O2/c1-10-4-2-5-11(8-10)17-13-12(6-3-7-16-13)14(18)19-9-15/h2-8H,1H3,(H,16,17). The Hall–Kier alpha value is -2.87. The van der Waals surface area contributed by atoms with Gasteiger partial charge in [-0.15, -0.1) is 5.26 Å². The van der Waals surface area contributed by atoms with Gasteiger partial charge in [-0.3, -0.25) is 0 Å². The molecular weight excluding hydrogens is 242 g/mol. The molecular formula is C14H11N3O2. The van der Waals surface area contributed by atoms with E-state index < -0.39 is 5.97 Å². The van der Waals surface area contributed by atoms with E-state index in [0.717, 1.165) is 11.3 Å². The highest BCUT2D eigenvalue weighted by molar-refractivity contribution is 5.95.